The van der Waals surface area contributed by atoms with Gasteiger partial charge < -0.3 is 9.55 Å². The van der Waals surface area contributed by atoms with Gasteiger partial charge in [-0.2, -0.15) is 4.48 Å². The number of aromatic nitrogens is 3. The molecule has 7 heteroatoms. The molecule has 1 aliphatic heterocycles. The molecule has 2 aromatic carbocycles. The second kappa shape index (κ2) is 8.67. The van der Waals surface area contributed by atoms with Crippen LogP contribution >= 0.6 is 0 Å². The van der Waals surface area contributed by atoms with Gasteiger partial charge in [-0.3, -0.25) is 5.32 Å². The zero-order chi connectivity index (χ0) is 22.8. The number of hydrogen-bond acceptors (Lipinski definition) is 3. The number of imidazole rings is 1. The molecule has 168 valence electrons. The van der Waals surface area contributed by atoms with Crippen molar-refractivity contribution in [1.29, 1.82) is 0 Å². The van der Waals surface area contributed by atoms with E-state index in [1.165, 1.54) is 0 Å². The number of carbonyl (C=O) groups is 2. The number of benzene rings is 2. The van der Waals surface area contributed by atoms with Crippen LogP contribution in [0.1, 0.15) is 32.0 Å². The number of quaternary nitrogens is 1. The van der Waals surface area contributed by atoms with Crippen molar-refractivity contribution in [2.45, 2.75) is 38.6 Å². The van der Waals surface area contributed by atoms with Crippen LogP contribution in [0.2, 0.25) is 0 Å². The van der Waals surface area contributed by atoms with Crippen molar-refractivity contribution in [3.63, 3.8) is 0 Å². The Morgan fingerprint density at radius 3 is 2.61 bits per heavy atom. The third kappa shape index (κ3) is 3.85. The molecule has 2 aromatic heterocycles. The number of likely N-dealkylation sites (tertiary alicyclic amines) is 1. The highest BCUT2D eigenvalue weighted by atomic mass is 16.2. The SMILES string of the molecule is C[C@@H]1CCC[N+]1(C(=O)CCc1nc2ccccc2[nH]1)C(=O)Nc1ccccc1-n1cccc1. The van der Waals surface area contributed by atoms with Crippen LogP contribution < -0.4 is 5.32 Å². The monoisotopic (exact) mass is 442 g/mol. The number of rotatable bonds is 5. The minimum Gasteiger partial charge on any atom is -0.342 e. The van der Waals surface area contributed by atoms with Crippen molar-refractivity contribution in [1.82, 2.24) is 14.5 Å². The number of para-hydroxylation sites is 4. The number of anilines is 1. The van der Waals surface area contributed by atoms with E-state index in [0.717, 1.165) is 35.4 Å². The largest absolute Gasteiger partial charge is 0.428 e. The maximum absolute atomic E-state index is 13.7. The molecule has 0 aliphatic carbocycles. The summed E-state index contributed by atoms with van der Waals surface area (Å²) in [6.07, 6.45) is 6.32. The molecule has 0 saturated carbocycles. The lowest BCUT2D eigenvalue weighted by atomic mass is 10.2. The van der Waals surface area contributed by atoms with Crippen LogP contribution in [0.4, 0.5) is 10.5 Å². The molecule has 1 unspecified atom stereocenters. The van der Waals surface area contributed by atoms with Gasteiger partial charge in [0.25, 0.3) is 0 Å². The van der Waals surface area contributed by atoms with E-state index < -0.39 is 0 Å². The fraction of sp³-hybridized carbons (Fsp3) is 0.269. The number of aromatic amines is 1. The Balaban J connectivity index is 1.37. The summed E-state index contributed by atoms with van der Waals surface area (Å²) in [7, 11) is 0. The summed E-state index contributed by atoms with van der Waals surface area (Å²) >= 11 is 0. The summed E-state index contributed by atoms with van der Waals surface area (Å²) in [5.41, 5.74) is 3.41. The molecule has 5 rings (SSSR count). The molecule has 1 saturated heterocycles. The Bertz CT molecular complexity index is 1260. The number of amides is 3. The molecule has 2 N–H and O–H groups in total. The zero-order valence-electron chi connectivity index (χ0n) is 18.7. The average Bonchev–Trinajstić information content (AvgIpc) is 3.57. The standard InChI is InChI=1S/C26H27N5O2/c1-19-9-8-18-31(19,25(32)15-14-24-27-20-10-2-3-11-21(20)28-24)26(33)29-22-12-4-5-13-23(22)30-16-6-7-17-30/h2-7,10-13,16-17,19H,8-9,14-15,18H2,1H3,(H-,27,28,29,33)/p+1/t19-,31?/m1/s1. The Kier molecular flexibility index (Phi) is 5.56. The topological polar surface area (TPSA) is 79.8 Å². The van der Waals surface area contributed by atoms with Crippen LogP contribution in [0.3, 0.4) is 0 Å². The van der Waals surface area contributed by atoms with Gasteiger partial charge in [0, 0.05) is 31.7 Å². The zero-order valence-corrected chi connectivity index (χ0v) is 18.7. The smallest absolute Gasteiger partial charge is 0.342 e. The van der Waals surface area contributed by atoms with E-state index in [1.807, 2.05) is 84.5 Å². The summed E-state index contributed by atoms with van der Waals surface area (Å²) in [5.74, 6) is 0.712. The number of nitrogens with one attached hydrogen (secondary N) is 2. The first-order valence-corrected chi connectivity index (χ1v) is 11.5. The Morgan fingerprint density at radius 2 is 1.85 bits per heavy atom. The van der Waals surface area contributed by atoms with Crippen LogP contribution in [-0.2, 0) is 11.2 Å². The number of carbonyl (C=O) groups excluding carboxylic acids is 2. The van der Waals surface area contributed by atoms with Gasteiger partial charge in [0.1, 0.15) is 11.9 Å². The lowest BCUT2D eigenvalue weighted by Crippen LogP contribution is -2.60. The fourth-order valence-corrected chi connectivity index (χ4v) is 4.93. The van der Waals surface area contributed by atoms with Crippen LogP contribution in [-0.4, -0.2) is 43.5 Å². The summed E-state index contributed by atoms with van der Waals surface area (Å²) in [6, 6.07) is 19.0. The maximum Gasteiger partial charge on any atom is 0.428 e. The van der Waals surface area contributed by atoms with Crippen LogP contribution in [0, 0.1) is 0 Å². The molecular formula is C26H28N5O2+. The predicted molar refractivity (Wildman–Crippen MR) is 128 cm³/mol. The van der Waals surface area contributed by atoms with Crippen molar-refractivity contribution in [2.24, 2.45) is 0 Å². The number of fused-ring (bicyclic) bond motifs is 1. The van der Waals surface area contributed by atoms with Gasteiger partial charge in [0.05, 0.1) is 35.4 Å². The first-order chi connectivity index (χ1) is 16.1. The normalized spacial score (nSPS) is 20.2. The molecule has 3 heterocycles. The summed E-state index contributed by atoms with van der Waals surface area (Å²) in [6.45, 7) is 2.53. The second-order valence-electron chi connectivity index (χ2n) is 8.72. The minimum atomic E-state index is -0.255. The van der Waals surface area contributed by atoms with E-state index in [1.54, 1.807) is 0 Å². The quantitative estimate of drug-likeness (QED) is 0.425. The van der Waals surface area contributed by atoms with E-state index >= 15 is 0 Å². The highest BCUT2D eigenvalue weighted by Crippen LogP contribution is 2.31. The first kappa shape index (κ1) is 21.2. The predicted octanol–water partition coefficient (Wildman–Crippen LogP) is 5.04. The van der Waals surface area contributed by atoms with Gasteiger partial charge in [-0.25, -0.2) is 14.6 Å². The highest BCUT2D eigenvalue weighted by molar-refractivity contribution is 5.94. The van der Waals surface area contributed by atoms with Crippen LogP contribution in [0.15, 0.2) is 73.1 Å². The number of imide groups is 1. The second-order valence-corrected chi connectivity index (χ2v) is 8.72. The molecule has 3 amide bonds. The van der Waals surface area contributed by atoms with Gasteiger partial charge in [-0.05, 0) is 43.3 Å². The Morgan fingerprint density at radius 1 is 1.09 bits per heavy atom. The van der Waals surface area contributed by atoms with E-state index in [0.29, 0.717) is 18.7 Å². The molecule has 4 aromatic rings. The number of aryl methyl sites for hydroxylation is 1. The number of H-pyrrole nitrogens is 1. The van der Waals surface area contributed by atoms with Crippen LogP contribution in [0.5, 0.6) is 0 Å². The third-order valence-electron chi connectivity index (χ3n) is 6.73. The molecule has 1 aliphatic rings. The average molecular weight is 443 g/mol. The number of hydrogen-bond donors (Lipinski definition) is 2. The van der Waals surface area contributed by atoms with E-state index in [-0.39, 0.29) is 28.9 Å². The van der Waals surface area contributed by atoms with Gasteiger partial charge in [-0.1, -0.05) is 24.3 Å². The fourth-order valence-electron chi connectivity index (χ4n) is 4.93. The lowest BCUT2D eigenvalue weighted by Gasteiger charge is -2.33. The first-order valence-electron chi connectivity index (χ1n) is 11.5. The van der Waals surface area contributed by atoms with Crippen molar-refractivity contribution in [3.8, 4) is 5.69 Å². The molecule has 1 fully saturated rings. The summed E-state index contributed by atoms with van der Waals surface area (Å²) in [5, 5.41) is 3.08. The molecule has 33 heavy (non-hydrogen) atoms. The van der Waals surface area contributed by atoms with Gasteiger partial charge >= 0.3 is 11.9 Å². The van der Waals surface area contributed by atoms with Gasteiger partial charge in [0.2, 0.25) is 0 Å². The number of urea groups is 1. The molecule has 2 atom stereocenters. The van der Waals surface area contributed by atoms with E-state index in [9.17, 15) is 9.59 Å². The van der Waals surface area contributed by atoms with Crippen molar-refractivity contribution >= 4 is 28.7 Å². The minimum absolute atomic E-state index is 0.0589. The maximum atomic E-state index is 13.7. The molecule has 7 nitrogen and oxygen atoms in total. The van der Waals surface area contributed by atoms with Crippen molar-refractivity contribution in [3.05, 3.63) is 78.9 Å². The Labute approximate surface area is 192 Å². The molecular weight excluding hydrogens is 414 g/mol. The molecule has 0 bridgehead atoms. The van der Waals surface area contributed by atoms with Crippen molar-refractivity contribution < 1.29 is 14.1 Å². The van der Waals surface area contributed by atoms with Gasteiger partial charge in [0.15, 0.2) is 0 Å². The lowest BCUT2D eigenvalue weighted by molar-refractivity contribution is -0.782. The molecule has 0 spiro atoms. The number of nitrogens with zero attached hydrogens (tertiary/aromatic N) is 3. The van der Waals surface area contributed by atoms with Crippen LogP contribution in [0.25, 0.3) is 16.7 Å². The Hall–Kier alpha value is -3.71. The van der Waals surface area contributed by atoms with Crippen molar-refractivity contribution in [2.75, 3.05) is 11.9 Å². The summed E-state index contributed by atoms with van der Waals surface area (Å²) < 4.78 is 1.79. The molecule has 0 radical (unpaired) electrons. The van der Waals surface area contributed by atoms with Gasteiger partial charge in [-0.15, -0.1) is 0 Å². The summed E-state index contributed by atoms with van der Waals surface area (Å²) in [4.78, 5) is 35.1. The van der Waals surface area contributed by atoms with E-state index in [2.05, 4.69) is 15.3 Å². The highest BCUT2D eigenvalue weighted by Gasteiger charge is 2.52. The van der Waals surface area contributed by atoms with E-state index in [4.69, 9.17) is 0 Å². The third-order valence-corrected chi connectivity index (χ3v) is 6.73.